The monoisotopic (exact) mass is 477 g/mol. The molecule has 0 saturated carbocycles. The number of benzene rings is 2. The summed E-state index contributed by atoms with van der Waals surface area (Å²) in [4.78, 5) is 29.4. The first kappa shape index (κ1) is 23.3. The van der Waals surface area contributed by atoms with Gasteiger partial charge in [0.2, 0.25) is 5.91 Å². The summed E-state index contributed by atoms with van der Waals surface area (Å²) in [5.74, 6) is 1.18. The van der Waals surface area contributed by atoms with Crippen LogP contribution in [-0.4, -0.2) is 66.7 Å². The van der Waals surface area contributed by atoms with Gasteiger partial charge >= 0.3 is 0 Å². The number of carbonyl (C=O) groups excluding carboxylic acids is 1. The van der Waals surface area contributed by atoms with Gasteiger partial charge in [0.25, 0.3) is 5.88 Å². The van der Waals surface area contributed by atoms with Gasteiger partial charge in [0.05, 0.1) is 23.6 Å². The number of para-hydroxylation sites is 2. The van der Waals surface area contributed by atoms with Gasteiger partial charge in [0.1, 0.15) is 5.82 Å². The van der Waals surface area contributed by atoms with E-state index in [1.165, 1.54) is 12.1 Å². The lowest BCUT2D eigenvalue weighted by Gasteiger charge is -2.40. The molecule has 3 aromatic rings. The van der Waals surface area contributed by atoms with Crippen LogP contribution in [0.3, 0.4) is 0 Å². The fourth-order valence-electron chi connectivity index (χ4n) is 4.94. The number of anilines is 2. The van der Waals surface area contributed by atoms with Crippen molar-refractivity contribution in [2.24, 2.45) is 5.92 Å². The number of piperazine rings is 1. The average Bonchev–Trinajstić information content (AvgIpc) is 2.91. The highest BCUT2D eigenvalue weighted by Crippen LogP contribution is 2.31. The van der Waals surface area contributed by atoms with E-state index in [-0.39, 0.29) is 17.6 Å². The Morgan fingerprint density at radius 2 is 1.69 bits per heavy atom. The molecule has 184 valence electrons. The third kappa shape index (κ3) is 5.16. The summed E-state index contributed by atoms with van der Waals surface area (Å²) in [6.45, 7) is 6.94. The van der Waals surface area contributed by atoms with E-state index in [1.807, 2.05) is 29.2 Å². The zero-order chi connectivity index (χ0) is 24.2. The molecule has 2 aromatic carbocycles. The van der Waals surface area contributed by atoms with Crippen molar-refractivity contribution in [3.63, 3.8) is 0 Å². The predicted octanol–water partition coefficient (Wildman–Crippen LogP) is 4.12. The van der Waals surface area contributed by atoms with Crippen LogP contribution in [0.2, 0.25) is 0 Å². The van der Waals surface area contributed by atoms with Gasteiger partial charge in [-0.05, 0) is 55.7 Å². The number of carbonyl (C=O) groups is 1. The molecule has 8 heteroatoms. The minimum atomic E-state index is -0.233. The van der Waals surface area contributed by atoms with Gasteiger partial charge < -0.3 is 19.4 Å². The molecule has 0 bridgehead atoms. The number of rotatable bonds is 6. The molecule has 1 amide bonds. The van der Waals surface area contributed by atoms with Gasteiger partial charge in [-0.15, -0.1) is 0 Å². The van der Waals surface area contributed by atoms with Gasteiger partial charge in [-0.25, -0.2) is 14.4 Å². The molecule has 5 rings (SSSR count). The maximum atomic E-state index is 13.5. The van der Waals surface area contributed by atoms with Crippen molar-refractivity contribution in [3.8, 4) is 5.88 Å². The smallest absolute Gasteiger partial charge is 0.258 e. The van der Waals surface area contributed by atoms with E-state index >= 15 is 0 Å². The van der Waals surface area contributed by atoms with Crippen LogP contribution in [0.1, 0.15) is 26.2 Å². The van der Waals surface area contributed by atoms with Crippen molar-refractivity contribution in [2.45, 2.75) is 26.2 Å². The summed E-state index contributed by atoms with van der Waals surface area (Å²) < 4.78 is 19.2. The Bertz CT molecular complexity index is 1160. The maximum Gasteiger partial charge on any atom is 0.258 e. The molecule has 7 nitrogen and oxygen atoms in total. The van der Waals surface area contributed by atoms with E-state index in [0.29, 0.717) is 32.1 Å². The molecule has 2 saturated heterocycles. The quantitative estimate of drug-likeness (QED) is 0.532. The highest BCUT2D eigenvalue weighted by Gasteiger charge is 2.33. The number of hydrogen-bond donors (Lipinski definition) is 0. The number of nitrogens with zero attached hydrogens (tertiary/aromatic N) is 5. The molecular weight excluding hydrogens is 445 g/mol. The summed E-state index contributed by atoms with van der Waals surface area (Å²) in [5, 5.41) is 0. The van der Waals surface area contributed by atoms with Crippen molar-refractivity contribution in [1.29, 1.82) is 0 Å². The first-order chi connectivity index (χ1) is 17.1. The normalized spacial score (nSPS) is 18.7. The molecule has 3 heterocycles. The molecule has 2 fully saturated rings. The second-order valence-corrected chi connectivity index (χ2v) is 9.26. The Hall–Kier alpha value is -3.42. The van der Waals surface area contributed by atoms with Crippen LogP contribution >= 0.6 is 0 Å². The van der Waals surface area contributed by atoms with Gasteiger partial charge in [-0.3, -0.25) is 4.79 Å². The molecule has 0 aliphatic carbocycles. The summed E-state index contributed by atoms with van der Waals surface area (Å²) >= 11 is 0. The number of ether oxygens (including phenoxy) is 1. The largest absolute Gasteiger partial charge is 0.475 e. The lowest BCUT2D eigenvalue weighted by Crippen LogP contribution is -2.52. The number of halogens is 1. The molecule has 1 aromatic heterocycles. The first-order valence-corrected chi connectivity index (χ1v) is 12.6. The van der Waals surface area contributed by atoms with E-state index < -0.39 is 0 Å². The fourth-order valence-corrected chi connectivity index (χ4v) is 4.94. The molecule has 2 aliphatic rings. The molecule has 0 radical (unpaired) electrons. The van der Waals surface area contributed by atoms with Crippen molar-refractivity contribution in [2.75, 3.05) is 55.7 Å². The highest BCUT2D eigenvalue weighted by atomic mass is 19.1. The summed E-state index contributed by atoms with van der Waals surface area (Å²) in [5.41, 5.74) is 2.64. The van der Waals surface area contributed by atoms with Gasteiger partial charge in [-0.1, -0.05) is 19.1 Å². The van der Waals surface area contributed by atoms with Crippen LogP contribution in [0.5, 0.6) is 5.88 Å². The zero-order valence-corrected chi connectivity index (χ0v) is 20.2. The van der Waals surface area contributed by atoms with E-state index in [9.17, 15) is 9.18 Å². The average molecular weight is 478 g/mol. The molecule has 0 unspecified atom stereocenters. The molecule has 2 aliphatic heterocycles. The number of aromatic nitrogens is 2. The highest BCUT2D eigenvalue weighted by molar-refractivity contribution is 5.81. The molecule has 1 atom stereocenters. The predicted molar refractivity (Wildman–Crippen MR) is 135 cm³/mol. The van der Waals surface area contributed by atoms with Gasteiger partial charge in [-0.2, -0.15) is 0 Å². The first-order valence-electron chi connectivity index (χ1n) is 12.6. The molecule has 0 N–H and O–H groups in total. The topological polar surface area (TPSA) is 61.8 Å². The van der Waals surface area contributed by atoms with Crippen LogP contribution in [0.4, 0.5) is 15.9 Å². The Morgan fingerprint density at radius 1 is 0.971 bits per heavy atom. The van der Waals surface area contributed by atoms with Crippen LogP contribution < -0.4 is 14.5 Å². The Balaban J connectivity index is 1.27. The number of amides is 1. The third-order valence-corrected chi connectivity index (χ3v) is 6.82. The minimum absolute atomic E-state index is 0.0755. The zero-order valence-electron chi connectivity index (χ0n) is 20.2. The van der Waals surface area contributed by atoms with Crippen LogP contribution in [0, 0.1) is 11.7 Å². The van der Waals surface area contributed by atoms with Gasteiger partial charge in [0, 0.05) is 45.0 Å². The van der Waals surface area contributed by atoms with Crippen LogP contribution in [-0.2, 0) is 4.79 Å². The van der Waals surface area contributed by atoms with Crippen molar-refractivity contribution in [1.82, 2.24) is 14.9 Å². The number of piperidine rings is 1. The van der Waals surface area contributed by atoms with Crippen LogP contribution in [0.15, 0.2) is 48.5 Å². The second kappa shape index (κ2) is 10.5. The molecule has 35 heavy (non-hydrogen) atoms. The van der Waals surface area contributed by atoms with Gasteiger partial charge in [0.15, 0.2) is 5.82 Å². The van der Waals surface area contributed by atoms with E-state index in [2.05, 4.69) is 16.7 Å². The standard InChI is InChI=1S/C27H32FN5O2/c1-2-18-35-26-25(29-23-7-3-4-8-24(23)30-26)33-13-5-6-20(19-33)27(34)32-16-14-31(15-17-32)22-11-9-21(28)10-12-22/h3-4,7-12,20H,2,5-6,13-19H2,1H3/t20-/m0/s1. The lowest BCUT2D eigenvalue weighted by molar-refractivity contribution is -0.136. The third-order valence-electron chi connectivity index (χ3n) is 6.82. The molecule has 0 spiro atoms. The van der Waals surface area contributed by atoms with E-state index in [1.54, 1.807) is 12.1 Å². The second-order valence-electron chi connectivity index (χ2n) is 9.26. The van der Waals surface area contributed by atoms with Crippen molar-refractivity contribution >= 4 is 28.4 Å². The molecular formula is C27H32FN5O2. The van der Waals surface area contributed by atoms with Crippen molar-refractivity contribution < 1.29 is 13.9 Å². The summed E-state index contributed by atoms with van der Waals surface area (Å²) in [6.07, 6.45) is 2.69. The lowest BCUT2D eigenvalue weighted by atomic mass is 9.96. The van der Waals surface area contributed by atoms with Crippen LogP contribution in [0.25, 0.3) is 11.0 Å². The SMILES string of the molecule is CCCOc1nc2ccccc2nc1N1CCC[C@H](C(=O)N2CCN(c3ccc(F)cc3)CC2)C1. The van der Waals surface area contributed by atoms with E-state index in [4.69, 9.17) is 14.7 Å². The maximum absolute atomic E-state index is 13.5. The van der Waals surface area contributed by atoms with Crippen molar-refractivity contribution in [3.05, 3.63) is 54.3 Å². The number of fused-ring (bicyclic) bond motifs is 1. The fraction of sp³-hybridized carbons (Fsp3) is 0.444. The Kier molecular flexibility index (Phi) is 6.97. The summed E-state index contributed by atoms with van der Waals surface area (Å²) in [7, 11) is 0. The number of hydrogen-bond acceptors (Lipinski definition) is 6. The summed E-state index contributed by atoms with van der Waals surface area (Å²) in [6, 6.07) is 14.4. The Morgan fingerprint density at radius 3 is 2.40 bits per heavy atom. The van der Waals surface area contributed by atoms with E-state index in [0.717, 1.165) is 61.4 Å². The Labute approximate surface area is 205 Å². The minimum Gasteiger partial charge on any atom is -0.475 e.